The Balaban J connectivity index is 1.61. The van der Waals surface area contributed by atoms with E-state index in [0.717, 1.165) is 0 Å². The fourth-order valence-corrected chi connectivity index (χ4v) is 4.00. The summed E-state index contributed by atoms with van der Waals surface area (Å²) in [6, 6.07) is 5.18. The molecular formula is C21H15F4N7O2. The Morgan fingerprint density at radius 2 is 1.85 bits per heavy atom. The maximum Gasteiger partial charge on any atom is 0.389 e. The highest BCUT2D eigenvalue weighted by atomic mass is 19.4. The molecule has 13 heteroatoms. The van der Waals surface area contributed by atoms with Gasteiger partial charge >= 0.3 is 6.18 Å². The molecule has 2 N–H and O–H groups in total. The highest BCUT2D eigenvalue weighted by molar-refractivity contribution is 6.07. The first-order valence-corrected chi connectivity index (χ1v) is 10.0. The lowest BCUT2D eigenvalue weighted by atomic mass is 9.78. The van der Waals surface area contributed by atoms with Crippen LogP contribution in [-0.4, -0.2) is 41.6 Å². The Morgan fingerprint density at radius 1 is 1.12 bits per heavy atom. The van der Waals surface area contributed by atoms with Crippen LogP contribution in [-0.2, 0) is 16.6 Å². The second kappa shape index (κ2) is 7.43. The molecule has 174 valence electrons. The first-order chi connectivity index (χ1) is 16.1. The summed E-state index contributed by atoms with van der Waals surface area (Å²) in [7, 11) is 0. The molecule has 0 radical (unpaired) electrons. The average Bonchev–Trinajstić information content (AvgIpc) is 3.35. The largest absolute Gasteiger partial charge is 0.389 e. The molecule has 1 amide bonds. The number of fused-ring (bicyclic) bond motifs is 2. The van der Waals surface area contributed by atoms with Crippen LogP contribution < -0.4 is 10.9 Å². The molecule has 4 aromatic rings. The first kappa shape index (κ1) is 21.7. The molecule has 1 aliphatic heterocycles. The number of amides is 1. The standard InChI is InChI=1S/C21H15F4N7O2/c1-20(10-2-4-11(22)5-3-10)14-16(31-19(20)34)29-15(30-18(14)33)13-8-32-17(26-9-27-32)12(28-13)6-7-21(23,24)25/h2-5,8-9H,6-7H2,1H3,(H2,29,30,31,33,34)/t20-/m0/s1. The van der Waals surface area contributed by atoms with Crippen LogP contribution in [0.5, 0.6) is 0 Å². The van der Waals surface area contributed by atoms with E-state index in [4.69, 9.17) is 0 Å². The third-order valence-corrected chi connectivity index (χ3v) is 5.75. The van der Waals surface area contributed by atoms with Gasteiger partial charge in [-0.3, -0.25) is 9.59 Å². The van der Waals surface area contributed by atoms with E-state index in [1.54, 1.807) is 0 Å². The molecule has 0 fully saturated rings. The van der Waals surface area contributed by atoms with E-state index >= 15 is 0 Å². The Hall–Kier alpha value is -4.16. The minimum Gasteiger partial charge on any atom is -0.324 e. The predicted molar refractivity (Wildman–Crippen MR) is 110 cm³/mol. The average molecular weight is 473 g/mol. The number of carbonyl (C=O) groups excluding carboxylic acids is 1. The monoisotopic (exact) mass is 473 g/mol. The number of anilines is 1. The van der Waals surface area contributed by atoms with Gasteiger partial charge < -0.3 is 10.3 Å². The van der Waals surface area contributed by atoms with Gasteiger partial charge in [0.05, 0.1) is 17.5 Å². The van der Waals surface area contributed by atoms with E-state index < -0.39 is 41.7 Å². The minimum atomic E-state index is -4.40. The van der Waals surface area contributed by atoms with Crippen molar-refractivity contribution in [2.75, 3.05) is 5.32 Å². The summed E-state index contributed by atoms with van der Waals surface area (Å²) in [5.74, 6) is -1.02. The third-order valence-electron chi connectivity index (χ3n) is 5.75. The summed E-state index contributed by atoms with van der Waals surface area (Å²) < 4.78 is 53.0. The van der Waals surface area contributed by atoms with Crippen LogP contribution in [0.1, 0.15) is 30.2 Å². The summed E-state index contributed by atoms with van der Waals surface area (Å²) in [5.41, 5.74) is -1.53. The molecule has 0 saturated heterocycles. The number of aromatic nitrogens is 6. The Kier molecular flexibility index (Phi) is 4.74. The van der Waals surface area contributed by atoms with Gasteiger partial charge in [-0.15, -0.1) is 0 Å². The highest BCUT2D eigenvalue weighted by Crippen LogP contribution is 2.40. The van der Waals surface area contributed by atoms with Gasteiger partial charge in [0.2, 0.25) is 5.91 Å². The number of hydrogen-bond donors (Lipinski definition) is 2. The molecule has 3 aromatic heterocycles. The summed E-state index contributed by atoms with van der Waals surface area (Å²) >= 11 is 0. The van der Waals surface area contributed by atoms with Gasteiger partial charge in [-0.05, 0) is 24.6 Å². The van der Waals surface area contributed by atoms with Crippen LogP contribution in [0.3, 0.4) is 0 Å². The molecule has 0 saturated carbocycles. The van der Waals surface area contributed by atoms with E-state index in [0.29, 0.717) is 5.56 Å². The van der Waals surface area contributed by atoms with Crippen molar-refractivity contribution in [3.63, 3.8) is 0 Å². The number of H-pyrrole nitrogens is 1. The molecule has 5 rings (SSSR count). The number of nitrogens with zero attached hydrogens (tertiary/aromatic N) is 5. The molecule has 0 spiro atoms. The van der Waals surface area contributed by atoms with E-state index in [1.807, 2.05) is 0 Å². The van der Waals surface area contributed by atoms with E-state index in [-0.39, 0.29) is 34.2 Å². The Bertz CT molecular complexity index is 1490. The summed E-state index contributed by atoms with van der Waals surface area (Å²) in [6.45, 7) is 1.52. The van der Waals surface area contributed by atoms with E-state index in [9.17, 15) is 27.2 Å². The molecule has 1 aromatic carbocycles. The van der Waals surface area contributed by atoms with Crippen LogP contribution in [0.25, 0.3) is 17.2 Å². The molecule has 1 aliphatic rings. The van der Waals surface area contributed by atoms with Crippen molar-refractivity contribution < 1.29 is 22.4 Å². The van der Waals surface area contributed by atoms with Gasteiger partial charge in [-0.25, -0.2) is 18.9 Å². The van der Waals surface area contributed by atoms with Crippen molar-refractivity contribution in [2.24, 2.45) is 0 Å². The number of halogens is 4. The number of nitrogens with one attached hydrogen (secondary N) is 2. The second-order valence-electron chi connectivity index (χ2n) is 7.94. The molecule has 0 aliphatic carbocycles. The summed E-state index contributed by atoms with van der Waals surface area (Å²) in [6.07, 6.45) is -3.44. The van der Waals surface area contributed by atoms with Gasteiger partial charge in [-0.2, -0.15) is 23.3 Å². The fraction of sp³-hybridized carbons (Fsp3) is 0.238. The topological polar surface area (TPSA) is 118 Å². The van der Waals surface area contributed by atoms with Gasteiger partial charge in [0.1, 0.15) is 29.1 Å². The third kappa shape index (κ3) is 3.49. The number of rotatable bonds is 4. The number of carbonyl (C=O) groups is 1. The number of aryl methyl sites for hydroxylation is 1. The molecule has 34 heavy (non-hydrogen) atoms. The molecular weight excluding hydrogens is 458 g/mol. The van der Waals surface area contributed by atoms with Gasteiger partial charge in [0.25, 0.3) is 5.56 Å². The second-order valence-corrected chi connectivity index (χ2v) is 7.94. The van der Waals surface area contributed by atoms with Crippen molar-refractivity contribution in [1.29, 1.82) is 0 Å². The van der Waals surface area contributed by atoms with E-state index in [2.05, 4.69) is 30.4 Å². The molecule has 9 nitrogen and oxygen atoms in total. The van der Waals surface area contributed by atoms with Crippen molar-refractivity contribution in [3.8, 4) is 11.5 Å². The number of aromatic amines is 1. The number of benzene rings is 1. The zero-order valence-corrected chi connectivity index (χ0v) is 17.4. The van der Waals surface area contributed by atoms with Crippen LogP contribution in [0.4, 0.5) is 23.4 Å². The zero-order chi connectivity index (χ0) is 24.3. The normalized spacial score (nSPS) is 17.7. The van der Waals surface area contributed by atoms with E-state index in [1.165, 1.54) is 48.2 Å². The SMILES string of the molecule is C[C@@]1(c2ccc(F)cc2)C(=O)Nc2[nH]c(-c3cn4ncnc4c(CCC(F)(F)F)n3)nc(=O)c21. The first-order valence-electron chi connectivity index (χ1n) is 10.0. The Labute approximate surface area is 187 Å². The van der Waals surface area contributed by atoms with Crippen LogP contribution in [0.15, 0.2) is 41.6 Å². The maximum atomic E-state index is 13.4. The lowest BCUT2D eigenvalue weighted by molar-refractivity contribution is -0.134. The summed E-state index contributed by atoms with van der Waals surface area (Å²) in [5, 5.41) is 6.56. The fourth-order valence-electron chi connectivity index (χ4n) is 4.00. The maximum absolute atomic E-state index is 13.4. The predicted octanol–water partition coefficient (Wildman–Crippen LogP) is 2.77. The zero-order valence-electron chi connectivity index (χ0n) is 17.4. The lowest BCUT2D eigenvalue weighted by Crippen LogP contribution is -2.36. The quantitative estimate of drug-likeness (QED) is 0.440. The molecule has 0 bridgehead atoms. The number of hydrogen-bond acceptors (Lipinski definition) is 6. The summed E-state index contributed by atoms with van der Waals surface area (Å²) in [4.78, 5) is 40.9. The van der Waals surface area contributed by atoms with Crippen molar-refractivity contribution in [2.45, 2.75) is 31.4 Å². The Morgan fingerprint density at radius 3 is 2.56 bits per heavy atom. The van der Waals surface area contributed by atoms with Crippen LogP contribution in [0, 0.1) is 5.82 Å². The molecule has 1 atom stereocenters. The highest BCUT2D eigenvalue weighted by Gasteiger charge is 2.47. The smallest absolute Gasteiger partial charge is 0.324 e. The van der Waals surface area contributed by atoms with Gasteiger partial charge in [0, 0.05) is 12.8 Å². The van der Waals surface area contributed by atoms with Crippen LogP contribution in [0.2, 0.25) is 0 Å². The molecule has 4 heterocycles. The molecule has 0 unspecified atom stereocenters. The van der Waals surface area contributed by atoms with Crippen molar-refractivity contribution in [1.82, 2.24) is 29.5 Å². The van der Waals surface area contributed by atoms with Gasteiger partial charge in [0.15, 0.2) is 11.5 Å². The minimum absolute atomic E-state index is 0.0238. The van der Waals surface area contributed by atoms with Crippen molar-refractivity contribution in [3.05, 3.63) is 69.8 Å². The van der Waals surface area contributed by atoms with Crippen molar-refractivity contribution >= 4 is 17.4 Å². The lowest BCUT2D eigenvalue weighted by Gasteiger charge is -2.21. The van der Waals surface area contributed by atoms with Gasteiger partial charge in [-0.1, -0.05) is 12.1 Å². The number of alkyl halides is 3. The van der Waals surface area contributed by atoms with Crippen LogP contribution >= 0.6 is 0 Å².